The summed E-state index contributed by atoms with van der Waals surface area (Å²) in [6.07, 6.45) is 2.23. The van der Waals surface area contributed by atoms with Crippen LogP contribution in [-0.2, 0) is 6.54 Å². The molecule has 1 saturated heterocycles. The van der Waals surface area contributed by atoms with Gasteiger partial charge in [0.1, 0.15) is 5.75 Å². The van der Waals surface area contributed by atoms with Crippen LogP contribution in [0.5, 0.6) is 5.75 Å². The molecule has 1 aliphatic heterocycles. The number of hydrogen-bond acceptors (Lipinski definition) is 3. The Kier molecular flexibility index (Phi) is 4.02. The first-order chi connectivity index (χ1) is 8.20. The van der Waals surface area contributed by atoms with E-state index in [0.29, 0.717) is 17.7 Å². The summed E-state index contributed by atoms with van der Waals surface area (Å²) >= 11 is 0. The number of hydrogen-bond donors (Lipinski definition) is 2. The van der Waals surface area contributed by atoms with Crippen molar-refractivity contribution in [3.63, 3.8) is 0 Å². The van der Waals surface area contributed by atoms with Crippen LogP contribution in [0.25, 0.3) is 0 Å². The highest BCUT2D eigenvalue weighted by atomic mass is 16.3. The van der Waals surface area contributed by atoms with Crippen molar-refractivity contribution >= 4 is 0 Å². The van der Waals surface area contributed by atoms with E-state index < -0.39 is 0 Å². The molecule has 1 fully saturated rings. The van der Waals surface area contributed by atoms with E-state index in [1.54, 1.807) is 6.07 Å². The minimum absolute atomic E-state index is 0.268. The maximum atomic E-state index is 9.77. The van der Waals surface area contributed by atoms with Gasteiger partial charge in [0, 0.05) is 31.3 Å². The van der Waals surface area contributed by atoms with Crippen molar-refractivity contribution in [2.75, 3.05) is 13.2 Å². The summed E-state index contributed by atoms with van der Waals surface area (Å²) in [6.45, 7) is 4.17. The molecule has 3 nitrogen and oxygen atoms in total. The van der Waals surface area contributed by atoms with E-state index in [9.17, 15) is 10.2 Å². The standard InChI is InChI=1S/C14H21NO2/c1-11-6-7-12(10-16)8-15(11)9-13-4-2-3-5-14(13)17/h2-5,11-12,16-17H,6-10H2,1H3. The van der Waals surface area contributed by atoms with Crippen LogP contribution >= 0.6 is 0 Å². The lowest BCUT2D eigenvalue weighted by molar-refractivity contribution is 0.0766. The number of nitrogens with zero attached hydrogens (tertiary/aromatic N) is 1. The highest BCUT2D eigenvalue weighted by Gasteiger charge is 2.25. The van der Waals surface area contributed by atoms with E-state index in [-0.39, 0.29) is 6.61 Å². The number of piperidine rings is 1. The molecule has 0 amide bonds. The van der Waals surface area contributed by atoms with Gasteiger partial charge in [0.15, 0.2) is 0 Å². The van der Waals surface area contributed by atoms with Gasteiger partial charge in [0.25, 0.3) is 0 Å². The molecule has 1 aromatic rings. The highest BCUT2D eigenvalue weighted by Crippen LogP contribution is 2.25. The Morgan fingerprint density at radius 3 is 2.76 bits per heavy atom. The molecular weight excluding hydrogens is 214 g/mol. The Morgan fingerprint density at radius 1 is 1.29 bits per heavy atom. The summed E-state index contributed by atoms with van der Waals surface area (Å²) in [6, 6.07) is 8.01. The molecule has 0 bridgehead atoms. The van der Waals surface area contributed by atoms with Crippen LogP contribution in [0.15, 0.2) is 24.3 Å². The number of aliphatic hydroxyl groups excluding tert-OH is 1. The second kappa shape index (κ2) is 5.52. The summed E-state index contributed by atoms with van der Waals surface area (Å²) in [5.74, 6) is 0.753. The van der Waals surface area contributed by atoms with Crippen molar-refractivity contribution in [3.8, 4) is 5.75 Å². The third kappa shape index (κ3) is 2.99. The van der Waals surface area contributed by atoms with Crippen LogP contribution in [0.3, 0.4) is 0 Å². The molecule has 3 heteroatoms. The summed E-state index contributed by atoms with van der Waals surface area (Å²) in [5, 5.41) is 19.0. The quantitative estimate of drug-likeness (QED) is 0.842. The average molecular weight is 235 g/mol. The average Bonchev–Trinajstić information content (AvgIpc) is 2.35. The maximum Gasteiger partial charge on any atom is 0.120 e. The molecule has 0 aliphatic carbocycles. The molecule has 17 heavy (non-hydrogen) atoms. The van der Waals surface area contributed by atoms with Crippen molar-refractivity contribution < 1.29 is 10.2 Å². The number of aliphatic hydroxyl groups is 1. The van der Waals surface area contributed by atoms with Gasteiger partial charge < -0.3 is 10.2 Å². The number of likely N-dealkylation sites (tertiary alicyclic amines) is 1. The van der Waals surface area contributed by atoms with Crippen LogP contribution in [0.1, 0.15) is 25.3 Å². The molecule has 94 valence electrons. The van der Waals surface area contributed by atoms with E-state index in [2.05, 4.69) is 11.8 Å². The minimum atomic E-state index is 0.268. The summed E-state index contributed by atoms with van der Waals surface area (Å²) < 4.78 is 0. The monoisotopic (exact) mass is 235 g/mol. The largest absolute Gasteiger partial charge is 0.508 e. The SMILES string of the molecule is CC1CCC(CO)CN1Cc1ccccc1O. The third-order valence-corrected chi connectivity index (χ3v) is 3.73. The van der Waals surface area contributed by atoms with Crippen LogP contribution < -0.4 is 0 Å². The zero-order valence-corrected chi connectivity index (χ0v) is 10.3. The third-order valence-electron chi connectivity index (χ3n) is 3.73. The summed E-state index contributed by atoms with van der Waals surface area (Å²) in [7, 11) is 0. The smallest absolute Gasteiger partial charge is 0.120 e. The molecule has 1 aromatic carbocycles. The second-order valence-corrected chi connectivity index (χ2v) is 5.03. The van der Waals surface area contributed by atoms with Crippen molar-refractivity contribution in [2.45, 2.75) is 32.4 Å². The first kappa shape index (κ1) is 12.4. The Morgan fingerprint density at radius 2 is 2.06 bits per heavy atom. The van der Waals surface area contributed by atoms with Gasteiger partial charge in [-0.15, -0.1) is 0 Å². The van der Waals surface area contributed by atoms with E-state index >= 15 is 0 Å². The zero-order valence-electron chi connectivity index (χ0n) is 10.3. The van der Waals surface area contributed by atoms with Crippen LogP contribution in [0.4, 0.5) is 0 Å². The number of phenolic OH excluding ortho intramolecular Hbond substituents is 1. The molecule has 2 N–H and O–H groups in total. The van der Waals surface area contributed by atoms with E-state index in [1.807, 2.05) is 18.2 Å². The lowest BCUT2D eigenvalue weighted by atomic mass is 9.93. The Hall–Kier alpha value is -1.06. The maximum absolute atomic E-state index is 9.77. The molecule has 1 aliphatic rings. The van der Waals surface area contributed by atoms with Crippen molar-refractivity contribution in [1.82, 2.24) is 4.90 Å². The predicted octanol–water partition coefficient (Wildman–Crippen LogP) is 1.98. The molecule has 0 radical (unpaired) electrons. The molecule has 2 rings (SSSR count). The van der Waals surface area contributed by atoms with Gasteiger partial charge in [0.2, 0.25) is 0 Å². The van der Waals surface area contributed by atoms with Gasteiger partial charge >= 0.3 is 0 Å². The first-order valence-electron chi connectivity index (χ1n) is 6.32. The van der Waals surface area contributed by atoms with Crippen LogP contribution in [0.2, 0.25) is 0 Å². The van der Waals surface area contributed by atoms with Crippen molar-refractivity contribution in [3.05, 3.63) is 29.8 Å². The highest BCUT2D eigenvalue weighted by molar-refractivity contribution is 5.31. The van der Waals surface area contributed by atoms with Gasteiger partial charge in [-0.2, -0.15) is 0 Å². The molecular formula is C14H21NO2. The summed E-state index contributed by atoms with van der Waals surface area (Å²) in [5.41, 5.74) is 0.970. The van der Waals surface area contributed by atoms with E-state index in [4.69, 9.17) is 0 Å². The van der Waals surface area contributed by atoms with Crippen LogP contribution in [0, 0.1) is 5.92 Å². The summed E-state index contributed by atoms with van der Waals surface area (Å²) in [4.78, 5) is 2.35. The molecule has 2 atom stereocenters. The zero-order chi connectivity index (χ0) is 12.3. The first-order valence-corrected chi connectivity index (χ1v) is 6.32. The van der Waals surface area contributed by atoms with Crippen molar-refractivity contribution in [2.24, 2.45) is 5.92 Å². The Bertz CT molecular complexity index is 367. The lowest BCUT2D eigenvalue weighted by Crippen LogP contribution is -2.42. The second-order valence-electron chi connectivity index (χ2n) is 5.03. The van der Waals surface area contributed by atoms with E-state index in [0.717, 1.165) is 31.5 Å². The topological polar surface area (TPSA) is 43.7 Å². The fourth-order valence-corrected chi connectivity index (χ4v) is 2.50. The molecule has 0 spiro atoms. The molecule has 0 saturated carbocycles. The lowest BCUT2D eigenvalue weighted by Gasteiger charge is -2.37. The number of phenols is 1. The van der Waals surface area contributed by atoms with Gasteiger partial charge in [0.05, 0.1) is 0 Å². The minimum Gasteiger partial charge on any atom is -0.508 e. The molecule has 2 unspecified atom stereocenters. The van der Waals surface area contributed by atoms with E-state index in [1.165, 1.54) is 0 Å². The Labute approximate surface area is 103 Å². The number of rotatable bonds is 3. The van der Waals surface area contributed by atoms with Gasteiger partial charge in [-0.1, -0.05) is 18.2 Å². The Balaban J connectivity index is 2.04. The van der Waals surface area contributed by atoms with Crippen LogP contribution in [-0.4, -0.2) is 34.3 Å². The van der Waals surface area contributed by atoms with Gasteiger partial charge in [-0.3, -0.25) is 4.90 Å². The number of benzene rings is 1. The normalized spacial score (nSPS) is 26.0. The van der Waals surface area contributed by atoms with Gasteiger partial charge in [-0.05, 0) is 31.7 Å². The predicted molar refractivity (Wildman–Crippen MR) is 67.8 cm³/mol. The molecule has 1 heterocycles. The number of aromatic hydroxyl groups is 1. The fraction of sp³-hybridized carbons (Fsp3) is 0.571. The molecule has 0 aromatic heterocycles. The van der Waals surface area contributed by atoms with Gasteiger partial charge in [-0.25, -0.2) is 0 Å². The van der Waals surface area contributed by atoms with Crippen molar-refractivity contribution in [1.29, 1.82) is 0 Å². The fourth-order valence-electron chi connectivity index (χ4n) is 2.50. The number of para-hydroxylation sites is 1.